The normalized spacial score (nSPS) is 15.1. The molecule has 6 nitrogen and oxygen atoms in total. The van der Waals surface area contributed by atoms with Gasteiger partial charge in [-0.2, -0.15) is 4.98 Å². The van der Waals surface area contributed by atoms with Gasteiger partial charge < -0.3 is 15.6 Å². The summed E-state index contributed by atoms with van der Waals surface area (Å²) in [4.78, 5) is 24.0. The number of fused-ring (bicyclic) bond motifs is 1. The molecule has 1 saturated carbocycles. The molecule has 2 aromatic heterocycles. The third-order valence-corrected chi connectivity index (χ3v) is 4.47. The summed E-state index contributed by atoms with van der Waals surface area (Å²) in [6.45, 7) is 1.91. The molecule has 25 heavy (non-hydrogen) atoms. The highest BCUT2D eigenvalue weighted by atomic mass is 35.5. The number of pyridine rings is 1. The number of halogens is 1. The van der Waals surface area contributed by atoms with Crippen LogP contribution < -0.4 is 16.2 Å². The monoisotopic (exact) mass is 355 g/mol. The van der Waals surface area contributed by atoms with Crippen LogP contribution in [0.5, 0.6) is 0 Å². The summed E-state index contributed by atoms with van der Waals surface area (Å²) in [7, 11) is 0. The lowest BCUT2D eigenvalue weighted by Crippen LogP contribution is -2.20. The second-order valence-corrected chi connectivity index (χ2v) is 6.77. The molecule has 0 saturated heterocycles. The summed E-state index contributed by atoms with van der Waals surface area (Å²) in [5.41, 5.74) is 1.23. The molecule has 1 aliphatic carbocycles. The van der Waals surface area contributed by atoms with E-state index in [4.69, 9.17) is 11.6 Å². The van der Waals surface area contributed by atoms with E-state index in [0.29, 0.717) is 22.6 Å². The van der Waals surface area contributed by atoms with Gasteiger partial charge in [-0.3, -0.25) is 4.79 Å². The third-order valence-electron chi connectivity index (χ3n) is 4.23. The van der Waals surface area contributed by atoms with E-state index in [1.807, 2.05) is 25.1 Å². The van der Waals surface area contributed by atoms with Gasteiger partial charge in [0, 0.05) is 33.7 Å². The molecule has 0 aliphatic heterocycles. The van der Waals surface area contributed by atoms with E-state index in [2.05, 4.69) is 25.6 Å². The molecule has 2 heterocycles. The van der Waals surface area contributed by atoms with Crippen molar-refractivity contribution < 1.29 is 0 Å². The Bertz CT molecular complexity index is 983. The predicted octanol–water partition coefficient (Wildman–Crippen LogP) is 3.72. The van der Waals surface area contributed by atoms with Gasteiger partial charge in [-0.05, 0) is 50.1 Å². The maximum Gasteiger partial charge on any atom is 0.253 e. The molecule has 3 aromatic rings. The Morgan fingerprint density at radius 2 is 2.12 bits per heavy atom. The van der Waals surface area contributed by atoms with Gasteiger partial charge >= 0.3 is 0 Å². The summed E-state index contributed by atoms with van der Waals surface area (Å²) in [5.74, 6) is 1.29. The van der Waals surface area contributed by atoms with Gasteiger partial charge in [0.2, 0.25) is 5.95 Å². The second-order valence-electron chi connectivity index (χ2n) is 6.34. The zero-order valence-electron chi connectivity index (χ0n) is 13.7. The minimum Gasteiger partial charge on any atom is -0.367 e. The molecule has 128 valence electrons. The van der Waals surface area contributed by atoms with E-state index in [9.17, 15) is 4.79 Å². The van der Waals surface area contributed by atoms with Crippen molar-refractivity contribution in [3.63, 3.8) is 0 Å². The average molecular weight is 356 g/mol. The Labute approximate surface area is 149 Å². The maximum atomic E-state index is 12.4. The number of H-pyrrole nitrogens is 1. The first kappa shape index (κ1) is 15.9. The van der Waals surface area contributed by atoms with Crippen LogP contribution in [0.4, 0.5) is 11.8 Å². The van der Waals surface area contributed by atoms with Crippen molar-refractivity contribution in [3.8, 4) is 0 Å². The molecule has 0 bridgehead atoms. The van der Waals surface area contributed by atoms with Crippen molar-refractivity contribution in [2.45, 2.75) is 31.8 Å². The highest BCUT2D eigenvalue weighted by Crippen LogP contribution is 2.24. The van der Waals surface area contributed by atoms with E-state index in [1.54, 1.807) is 18.3 Å². The van der Waals surface area contributed by atoms with E-state index in [-0.39, 0.29) is 11.6 Å². The molecular formula is C18H18ClN5O. The topological polar surface area (TPSA) is 82.7 Å². The van der Waals surface area contributed by atoms with Gasteiger partial charge in [0.1, 0.15) is 5.82 Å². The van der Waals surface area contributed by atoms with Crippen LogP contribution in [0.2, 0.25) is 5.02 Å². The highest BCUT2D eigenvalue weighted by molar-refractivity contribution is 6.31. The van der Waals surface area contributed by atoms with E-state index >= 15 is 0 Å². The van der Waals surface area contributed by atoms with Gasteiger partial charge in [-0.25, -0.2) is 4.98 Å². The summed E-state index contributed by atoms with van der Waals surface area (Å²) in [5, 5.41) is 8.06. The molecule has 1 unspecified atom stereocenters. The maximum absolute atomic E-state index is 12.4. The number of hydrogen-bond donors (Lipinski definition) is 3. The van der Waals surface area contributed by atoms with Crippen molar-refractivity contribution in [1.82, 2.24) is 15.0 Å². The average Bonchev–Trinajstić information content (AvgIpc) is 3.39. The molecule has 3 N–H and O–H groups in total. The van der Waals surface area contributed by atoms with Crippen LogP contribution in [-0.4, -0.2) is 21.0 Å². The Morgan fingerprint density at radius 1 is 1.28 bits per heavy atom. The fraction of sp³-hybridized carbons (Fsp3) is 0.278. The zero-order valence-corrected chi connectivity index (χ0v) is 14.5. The summed E-state index contributed by atoms with van der Waals surface area (Å²) in [6, 6.07) is 9.37. The van der Waals surface area contributed by atoms with E-state index in [1.165, 1.54) is 12.8 Å². The Morgan fingerprint density at radius 3 is 2.92 bits per heavy atom. The van der Waals surface area contributed by atoms with Crippen molar-refractivity contribution >= 4 is 34.3 Å². The number of hydrogen-bond acceptors (Lipinski definition) is 5. The molecule has 0 spiro atoms. The van der Waals surface area contributed by atoms with Gasteiger partial charge in [0.05, 0.1) is 6.04 Å². The Kier molecular flexibility index (Phi) is 4.05. The van der Waals surface area contributed by atoms with Crippen LogP contribution in [0.25, 0.3) is 10.9 Å². The Hall–Kier alpha value is -2.60. The fourth-order valence-corrected chi connectivity index (χ4v) is 2.91. The molecule has 0 amide bonds. The number of aromatic amines is 1. The zero-order chi connectivity index (χ0) is 17.4. The van der Waals surface area contributed by atoms with Crippen LogP contribution in [0.15, 0.2) is 41.3 Å². The minimum atomic E-state index is -0.247. The molecule has 1 aliphatic rings. The minimum absolute atomic E-state index is 0.137. The molecular weight excluding hydrogens is 338 g/mol. The Balaban J connectivity index is 1.60. The smallest absolute Gasteiger partial charge is 0.253 e. The van der Waals surface area contributed by atoms with Crippen molar-refractivity contribution in [3.05, 3.63) is 57.5 Å². The predicted molar refractivity (Wildman–Crippen MR) is 100 cm³/mol. The lowest BCUT2D eigenvalue weighted by atomic mass is 10.1. The van der Waals surface area contributed by atoms with Crippen LogP contribution in [0, 0.1) is 0 Å². The quantitative estimate of drug-likeness (QED) is 0.649. The van der Waals surface area contributed by atoms with Crippen molar-refractivity contribution in [1.29, 1.82) is 0 Å². The summed E-state index contributed by atoms with van der Waals surface area (Å²) >= 11 is 6.05. The van der Waals surface area contributed by atoms with Crippen LogP contribution in [-0.2, 0) is 0 Å². The molecule has 7 heteroatoms. The van der Waals surface area contributed by atoms with Gasteiger partial charge in [0.15, 0.2) is 0 Å². The summed E-state index contributed by atoms with van der Waals surface area (Å²) < 4.78 is 0. The van der Waals surface area contributed by atoms with Crippen LogP contribution >= 0.6 is 11.6 Å². The molecule has 1 aromatic carbocycles. The standard InChI is InChI=1S/C18H18ClN5O/c1-10(21-18-20-7-6-16(24-18)22-13-3-4-13)14-9-11-8-12(19)2-5-15(11)23-17(14)25/h2,5-10,13H,3-4H2,1H3,(H,23,25)(H2,20,21,22,24). The molecule has 1 atom stereocenters. The van der Waals surface area contributed by atoms with E-state index in [0.717, 1.165) is 16.7 Å². The first-order chi connectivity index (χ1) is 12.1. The number of benzene rings is 1. The number of rotatable bonds is 5. The number of aromatic nitrogens is 3. The van der Waals surface area contributed by atoms with E-state index < -0.39 is 0 Å². The molecule has 0 radical (unpaired) electrons. The van der Waals surface area contributed by atoms with Gasteiger partial charge in [0.25, 0.3) is 5.56 Å². The SMILES string of the molecule is CC(Nc1nccc(NC2CC2)n1)c1cc2cc(Cl)ccc2[nH]c1=O. The first-order valence-corrected chi connectivity index (χ1v) is 8.65. The number of nitrogens with one attached hydrogen (secondary N) is 3. The first-order valence-electron chi connectivity index (χ1n) is 8.27. The van der Waals surface area contributed by atoms with Gasteiger partial charge in [-0.15, -0.1) is 0 Å². The van der Waals surface area contributed by atoms with Crippen LogP contribution in [0.3, 0.4) is 0 Å². The number of anilines is 2. The van der Waals surface area contributed by atoms with Crippen molar-refractivity contribution in [2.75, 3.05) is 10.6 Å². The van der Waals surface area contributed by atoms with Crippen LogP contribution in [0.1, 0.15) is 31.4 Å². The summed E-state index contributed by atoms with van der Waals surface area (Å²) in [6.07, 6.45) is 4.06. The van der Waals surface area contributed by atoms with Crippen molar-refractivity contribution in [2.24, 2.45) is 0 Å². The van der Waals surface area contributed by atoms with Gasteiger partial charge in [-0.1, -0.05) is 11.6 Å². The highest BCUT2D eigenvalue weighted by Gasteiger charge is 2.21. The lowest BCUT2D eigenvalue weighted by Gasteiger charge is -2.15. The fourth-order valence-electron chi connectivity index (χ4n) is 2.73. The molecule has 4 rings (SSSR count). The largest absolute Gasteiger partial charge is 0.367 e. The molecule has 1 fully saturated rings. The lowest BCUT2D eigenvalue weighted by molar-refractivity contribution is 0.844. The third kappa shape index (κ3) is 3.58. The second kappa shape index (κ2) is 6.37. The number of nitrogens with zero attached hydrogens (tertiary/aromatic N) is 2.